The Hall–Kier alpha value is -3.03. The number of aromatic nitrogens is 2. The van der Waals surface area contributed by atoms with Crippen molar-refractivity contribution in [3.05, 3.63) is 41.1 Å². The minimum Gasteiger partial charge on any atom is -0.497 e. The Balaban J connectivity index is 1.94. The first-order valence-electron chi connectivity index (χ1n) is 8.34. The number of nitrogens with zero attached hydrogens (tertiary/aromatic N) is 2. The number of amides is 2. The smallest absolute Gasteiger partial charge is 0.343 e. The molecule has 0 unspecified atom stereocenters. The summed E-state index contributed by atoms with van der Waals surface area (Å²) in [6.07, 6.45) is 0.673. The van der Waals surface area contributed by atoms with E-state index in [4.69, 9.17) is 9.47 Å². The minimum atomic E-state index is -0.508. The summed E-state index contributed by atoms with van der Waals surface area (Å²) in [5.74, 6) is 0.590. The highest BCUT2D eigenvalue weighted by Crippen LogP contribution is 2.19. The second-order valence-corrected chi connectivity index (χ2v) is 5.63. The molecule has 0 aliphatic rings. The highest BCUT2D eigenvalue weighted by Gasteiger charge is 2.22. The maximum atomic E-state index is 12.2. The van der Waals surface area contributed by atoms with Crippen molar-refractivity contribution in [1.82, 2.24) is 15.1 Å². The van der Waals surface area contributed by atoms with Crippen LogP contribution in [0.15, 0.2) is 24.3 Å². The van der Waals surface area contributed by atoms with Crippen LogP contribution in [-0.2, 0) is 18.2 Å². The van der Waals surface area contributed by atoms with E-state index in [1.54, 1.807) is 28.0 Å². The fourth-order valence-electron chi connectivity index (χ4n) is 2.51. The summed E-state index contributed by atoms with van der Waals surface area (Å²) in [5, 5.41) is 9.61. The molecule has 2 N–H and O–H groups in total. The molecule has 8 heteroatoms. The second-order valence-electron chi connectivity index (χ2n) is 5.63. The lowest BCUT2D eigenvalue weighted by atomic mass is 10.1. The third-order valence-corrected chi connectivity index (χ3v) is 3.79. The van der Waals surface area contributed by atoms with Gasteiger partial charge in [-0.1, -0.05) is 12.1 Å². The molecule has 26 heavy (non-hydrogen) atoms. The predicted octanol–water partition coefficient (Wildman–Crippen LogP) is 2.28. The first-order chi connectivity index (χ1) is 12.5. The van der Waals surface area contributed by atoms with Crippen molar-refractivity contribution in [2.75, 3.05) is 25.6 Å². The molecule has 1 heterocycles. The minimum absolute atomic E-state index is 0.251. The van der Waals surface area contributed by atoms with E-state index in [1.807, 2.05) is 24.3 Å². The fourth-order valence-corrected chi connectivity index (χ4v) is 2.51. The van der Waals surface area contributed by atoms with E-state index >= 15 is 0 Å². The van der Waals surface area contributed by atoms with Gasteiger partial charge in [-0.3, -0.25) is 10.00 Å². The van der Waals surface area contributed by atoms with Gasteiger partial charge in [-0.15, -0.1) is 0 Å². The molecule has 0 aliphatic heterocycles. The highest BCUT2D eigenvalue weighted by molar-refractivity contribution is 6.00. The Labute approximate surface area is 152 Å². The van der Waals surface area contributed by atoms with Gasteiger partial charge in [0.2, 0.25) is 0 Å². The largest absolute Gasteiger partial charge is 0.497 e. The van der Waals surface area contributed by atoms with Gasteiger partial charge in [0.05, 0.1) is 19.4 Å². The van der Waals surface area contributed by atoms with Crippen LogP contribution in [-0.4, -0.2) is 42.0 Å². The van der Waals surface area contributed by atoms with Crippen LogP contribution >= 0.6 is 0 Å². The lowest BCUT2D eigenvalue weighted by molar-refractivity contribution is 0.0526. The molecule has 2 amide bonds. The number of esters is 1. The third kappa shape index (κ3) is 4.75. The summed E-state index contributed by atoms with van der Waals surface area (Å²) in [7, 11) is 3.27. The number of carbonyl (C=O) groups excluding carboxylic acids is 2. The number of urea groups is 1. The normalized spacial score (nSPS) is 10.3. The van der Waals surface area contributed by atoms with Crippen LogP contribution in [0.1, 0.15) is 28.5 Å². The summed E-state index contributed by atoms with van der Waals surface area (Å²) >= 11 is 0. The molecule has 0 saturated carbocycles. The number of hydrogen-bond acceptors (Lipinski definition) is 5. The Morgan fingerprint density at radius 1 is 1.23 bits per heavy atom. The lowest BCUT2D eigenvalue weighted by Gasteiger charge is -2.10. The lowest BCUT2D eigenvalue weighted by Crippen LogP contribution is -2.31. The molecular weight excluding hydrogens is 336 g/mol. The van der Waals surface area contributed by atoms with Crippen LogP contribution in [0.4, 0.5) is 10.6 Å². The molecule has 0 aliphatic carbocycles. The van der Waals surface area contributed by atoms with Crippen molar-refractivity contribution in [2.24, 2.45) is 7.05 Å². The molecule has 140 valence electrons. The zero-order valence-corrected chi connectivity index (χ0v) is 15.5. The van der Waals surface area contributed by atoms with Gasteiger partial charge in [-0.25, -0.2) is 9.59 Å². The van der Waals surface area contributed by atoms with E-state index in [-0.39, 0.29) is 12.2 Å². The number of aryl methyl sites for hydroxylation is 2. The molecule has 0 bridgehead atoms. The number of benzene rings is 1. The van der Waals surface area contributed by atoms with Crippen LogP contribution in [0.5, 0.6) is 5.75 Å². The molecule has 8 nitrogen and oxygen atoms in total. The summed E-state index contributed by atoms with van der Waals surface area (Å²) in [5.41, 5.74) is 1.84. The Kier molecular flexibility index (Phi) is 6.60. The standard InChI is InChI=1S/C18H24N4O4/c1-5-26-17(23)15-12(2)21-22(3)16(15)20-18(24)19-11-10-13-6-8-14(25-4)9-7-13/h6-9H,5,10-11H2,1-4H3,(H2,19,20,24). The van der Waals surface area contributed by atoms with E-state index in [0.717, 1.165) is 11.3 Å². The van der Waals surface area contributed by atoms with Crippen molar-refractivity contribution in [3.63, 3.8) is 0 Å². The van der Waals surface area contributed by atoms with Crippen molar-refractivity contribution in [2.45, 2.75) is 20.3 Å². The van der Waals surface area contributed by atoms with Crippen LogP contribution in [0, 0.1) is 6.92 Å². The number of rotatable bonds is 7. The fraction of sp³-hybridized carbons (Fsp3) is 0.389. The van der Waals surface area contributed by atoms with Gasteiger partial charge in [0, 0.05) is 13.6 Å². The summed E-state index contributed by atoms with van der Waals surface area (Å²) in [4.78, 5) is 24.2. The molecule has 0 spiro atoms. The van der Waals surface area contributed by atoms with Crippen LogP contribution in [0.25, 0.3) is 0 Å². The van der Waals surface area contributed by atoms with E-state index in [9.17, 15) is 9.59 Å². The van der Waals surface area contributed by atoms with Gasteiger partial charge in [0.1, 0.15) is 17.1 Å². The van der Waals surface area contributed by atoms with Gasteiger partial charge in [0.15, 0.2) is 0 Å². The number of nitrogens with one attached hydrogen (secondary N) is 2. The number of methoxy groups -OCH3 is 1. The summed E-state index contributed by atoms with van der Waals surface area (Å²) in [6.45, 7) is 4.12. The molecule has 1 aromatic carbocycles. The second kappa shape index (κ2) is 8.89. The Bertz CT molecular complexity index is 768. The third-order valence-electron chi connectivity index (χ3n) is 3.79. The quantitative estimate of drug-likeness (QED) is 0.739. The molecule has 2 aromatic rings. The van der Waals surface area contributed by atoms with Crippen LogP contribution in [0.2, 0.25) is 0 Å². The first kappa shape index (κ1) is 19.3. The van der Waals surface area contributed by atoms with Crippen molar-refractivity contribution < 1.29 is 19.1 Å². The Morgan fingerprint density at radius 3 is 2.54 bits per heavy atom. The van der Waals surface area contributed by atoms with Crippen molar-refractivity contribution >= 4 is 17.8 Å². The number of carbonyl (C=O) groups is 2. The average Bonchev–Trinajstić information content (AvgIpc) is 2.89. The number of anilines is 1. The van der Waals surface area contributed by atoms with Gasteiger partial charge in [-0.05, 0) is 38.0 Å². The topological polar surface area (TPSA) is 94.5 Å². The van der Waals surface area contributed by atoms with Crippen molar-refractivity contribution in [3.8, 4) is 5.75 Å². The molecule has 1 aromatic heterocycles. The molecule has 2 rings (SSSR count). The zero-order valence-electron chi connectivity index (χ0n) is 15.5. The number of hydrogen-bond donors (Lipinski definition) is 2. The maximum Gasteiger partial charge on any atom is 0.343 e. The van der Waals surface area contributed by atoms with Crippen molar-refractivity contribution in [1.29, 1.82) is 0 Å². The van der Waals surface area contributed by atoms with E-state index < -0.39 is 12.0 Å². The molecule has 0 radical (unpaired) electrons. The molecule has 0 atom stereocenters. The van der Waals surface area contributed by atoms with Gasteiger partial charge in [-0.2, -0.15) is 5.10 Å². The number of ether oxygens (including phenoxy) is 2. The average molecular weight is 360 g/mol. The SMILES string of the molecule is CCOC(=O)c1c(C)nn(C)c1NC(=O)NCCc1ccc(OC)cc1. The van der Waals surface area contributed by atoms with E-state index in [2.05, 4.69) is 15.7 Å². The van der Waals surface area contributed by atoms with Gasteiger partial charge < -0.3 is 14.8 Å². The molecule has 0 saturated heterocycles. The van der Waals surface area contributed by atoms with E-state index in [0.29, 0.717) is 24.5 Å². The Morgan fingerprint density at radius 2 is 1.92 bits per heavy atom. The summed E-state index contributed by atoms with van der Waals surface area (Å²) < 4.78 is 11.6. The molecule has 0 fully saturated rings. The summed E-state index contributed by atoms with van der Waals surface area (Å²) in [6, 6.07) is 7.23. The highest BCUT2D eigenvalue weighted by atomic mass is 16.5. The van der Waals surface area contributed by atoms with Gasteiger partial charge >= 0.3 is 12.0 Å². The van der Waals surface area contributed by atoms with Crippen LogP contribution in [0.3, 0.4) is 0 Å². The van der Waals surface area contributed by atoms with Crippen LogP contribution < -0.4 is 15.4 Å². The molecular formula is C18H24N4O4. The maximum absolute atomic E-state index is 12.2. The first-order valence-corrected chi connectivity index (χ1v) is 8.34. The van der Waals surface area contributed by atoms with Gasteiger partial charge in [0.25, 0.3) is 0 Å². The van der Waals surface area contributed by atoms with E-state index in [1.165, 1.54) is 4.68 Å². The predicted molar refractivity (Wildman–Crippen MR) is 97.6 cm³/mol. The monoisotopic (exact) mass is 360 g/mol. The zero-order chi connectivity index (χ0) is 19.1.